The van der Waals surface area contributed by atoms with E-state index in [-0.39, 0.29) is 21.2 Å². The lowest BCUT2D eigenvalue weighted by atomic mass is 10.2. The molecule has 0 saturated heterocycles. The van der Waals surface area contributed by atoms with E-state index in [9.17, 15) is 13.2 Å². The van der Waals surface area contributed by atoms with Gasteiger partial charge in [0.05, 0.1) is 20.3 Å². The fourth-order valence-corrected chi connectivity index (χ4v) is 4.20. The number of rotatable bonds is 4. The standard InChI is InChI=1S/C15H12ClNO4S2/c1-2-9-3-5-11(6-4-9)23(19,20)17-10-7-12(16)14-13(8-10)22-15(18)21-14/h3-8,17H,2H2,1H3. The highest BCUT2D eigenvalue weighted by Crippen LogP contribution is 2.30. The lowest BCUT2D eigenvalue weighted by Gasteiger charge is -2.09. The number of nitrogens with one attached hydrogen (secondary N) is 1. The summed E-state index contributed by atoms with van der Waals surface area (Å²) in [5.41, 5.74) is 1.59. The van der Waals surface area contributed by atoms with E-state index in [4.69, 9.17) is 16.0 Å². The van der Waals surface area contributed by atoms with Crippen LogP contribution in [0.5, 0.6) is 0 Å². The van der Waals surface area contributed by atoms with Gasteiger partial charge < -0.3 is 4.42 Å². The first-order valence-electron chi connectivity index (χ1n) is 6.74. The van der Waals surface area contributed by atoms with Crippen molar-refractivity contribution in [3.63, 3.8) is 0 Å². The number of anilines is 1. The van der Waals surface area contributed by atoms with Gasteiger partial charge in [-0.1, -0.05) is 42.0 Å². The minimum Gasteiger partial charge on any atom is -0.412 e. The molecule has 0 aliphatic rings. The fourth-order valence-electron chi connectivity index (χ4n) is 2.11. The van der Waals surface area contributed by atoms with Crippen molar-refractivity contribution in [2.45, 2.75) is 18.2 Å². The quantitative estimate of drug-likeness (QED) is 0.757. The van der Waals surface area contributed by atoms with Crippen LogP contribution in [-0.4, -0.2) is 8.42 Å². The van der Waals surface area contributed by atoms with Crippen LogP contribution in [0, 0.1) is 0 Å². The average Bonchev–Trinajstić information content (AvgIpc) is 2.88. The van der Waals surface area contributed by atoms with E-state index in [1.54, 1.807) is 24.3 Å². The average molecular weight is 370 g/mol. The van der Waals surface area contributed by atoms with Crippen LogP contribution in [0.1, 0.15) is 12.5 Å². The predicted octanol–water partition coefficient (Wildman–Crippen LogP) is 3.87. The summed E-state index contributed by atoms with van der Waals surface area (Å²) in [5.74, 6) is 0. The van der Waals surface area contributed by atoms with Gasteiger partial charge in [-0.05, 0) is 36.2 Å². The van der Waals surface area contributed by atoms with Crippen molar-refractivity contribution in [3.05, 3.63) is 56.7 Å². The van der Waals surface area contributed by atoms with E-state index in [0.29, 0.717) is 4.70 Å². The summed E-state index contributed by atoms with van der Waals surface area (Å²) in [6.07, 6.45) is 0.833. The third-order valence-electron chi connectivity index (χ3n) is 3.28. The third kappa shape index (κ3) is 3.26. The SMILES string of the molecule is CCc1ccc(S(=O)(=O)Nc2cc(Cl)c3oc(=O)sc3c2)cc1. The molecule has 1 heterocycles. The van der Waals surface area contributed by atoms with E-state index in [1.807, 2.05) is 6.92 Å². The van der Waals surface area contributed by atoms with E-state index in [0.717, 1.165) is 23.3 Å². The molecule has 120 valence electrons. The summed E-state index contributed by atoms with van der Waals surface area (Å²) in [6.45, 7) is 2.00. The molecule has 0 amide bonds. The van der Waals surface area contributed by atoms with E-state index in [1.165, 1.54) is 12.1 Å². The molecular formula is C15H12ClNO4S2. The van der Waals surface area contributed by atoms with E-state index >= 15 is 0 Å². The zero-order valence-electron chi connectivity index (χ0n) is 12.0. The Bertz CT molecular complexity index is 1020. The van der Waals surface area contributed by atoms with Gasteiger partial charge >= 0.3 is 4.94 Å². The van der Waals surface area contributed by atoms with Crippen LogP contribution in [0.4, 0.5) is 5.69 Å². The molecule has 1 N–H and O–H groups in total. The molecule has 0 bridgehead atoms. The second-order valence-electron chi connectivity index (χ2n) is 4.84. The van der Waals surface area contributed by atoms with E-state index < -0.39 is 15.0 Å². The smallest absolute Gasteiger partial charge is 0.396 e. The minimum absolute atomic E-state index is 0.159. The van der Waals surface area contributed by atoms with Crippen LogP contribution in [0.3, 0.4) is 0 Å². The van der Waals surface area contributed by atoms with Gasteiger partial charge in [-0.3, -0.25) is 4.72 Å². The molecule has 0 radical (unpaired) electrons. The number of benzene rings is 2. The summed E-state index contributed by atoms with van der Waals surface area (Å²) in [5, 5.41) is 0.180. The van der Waals surface area contributed by atoms with Crippen molar-refractivity contribution in [3.8, 4) is 0 Å². The molecule has 5 nitrogen and oxygen atoms in total. The Hall–Kier alpha value is -1.83. The van der Waals surface area contributed by atoms with Gasteiger partial charge in [-0.15, -0.1) is 0 Å². The predicted molar refractivity (Wildman–Crippen MR) is 92.0 cm³/mol. The molecule has 2 aromatic carbocycles. The maximum atomic E-state index is 12.4. The first-order chi connectivity index (χ1) is 10.9. The first-order valence-corrected chi connectivity index (χ1v) is 9.42. The molecule has 3 rings (SSSR count). The van der Waals surface area contributed by atoms with Gasteiger partial charge in [-0.25, -0.2) is 13.2 Å². The molecule has 8 heteroatoms. The van der Waals surface area contributed by atoms with Gasteiger partial charge in [0.2, 0.25) is 0 Å². The number of halogens is 1. The first kappa shape index (κ1) is 16.0. The molecule has 0 atom stereocenters. The molecule has 0 saturated carbocycles. The Morgan fingerprint density at radius 1 is 1.22 bits per heavy atom. The second kappa shape index (κ2) is 5.99. The molecule has 0 spiro atoms. The van der Waals surface area contributed by atoms with Crippen LogP contribution in [0.2, 0.25) is 5.02 Å². The summed E-state index contributed by atoms with van der Waals surface area (Å²) in [6, 6.07) is 9.58. The Balaban J connectivity index is 1.97. The van der Waals surface area contributed by atoms with Crippen molar-refractivity contribution >= 4 is 48.9 Å². The highest BCUT2D eigenvalue weighted by atomic mass is 35.5. The summed E-state index contributed by atoms with van der Waals surface area (Å²) in [7, 11) is -3.73. The van der Waals surface area contributed by atoms with Crippen LogP contribution in [0.25, 0.3) is 10.3 Å². The Kier molecular flexibility index (Phi) is 4.18. The summed E-state index contributed by atoms with van der Waals surface area (Å²) >= 11 is 6.89. The molecule has 23 heavy (non-hydrogen) atoms. The molecule has 0 aliphatic carbocycles. The maximum Gasteiger partial charge on any atom is 0.396 e. The van der Waals surface area contributed by atoms with Crippen molar-refractivity contribution in [2.75, 3.05) is 4.72 Å². The van der Waals surface area contributed by atoms with Gasteiger partial charge in [0.15, 0.2) is 5.58 Å². The molecule has 0 fully saturated rings. The number of fused-ring (bicyclic) bond motifs is 1. The largest absolute Gasteiger partial charge is 0.412 e. The zero-order chi connectivity index (χ0) is 16.6. The zero-order valence-corrected chi connectivity index (χ0v) is 14.4. The minimum atomic E-state index is -3.73. The number of sulfonamides is 1. The second-order valence-corrected chi connectivity index (χ2v) is 7.91. The Labute approximate surface area is 141 Å². The molecular weight excluding hydrogens is 358 g/mol. The van der Waals surface area contributed by atoms with Crippen molar-refractivity contribution in [1.29, 1.82) is 0 Å². The number of aryl methyl sites for hydroxylation is 1. The normalized spacial score (nSPS) is 11.7. The van der Waals surface area contributed by atoms with Crippen LogP contribution < -0.4 is 9.66 Å². The maximum absolute atomic E-state index is 12.4. The Morgan fingerprint density at radius 2 is 1.91 bits per heavy atom. The van der Waals surface area contributed by atoms with Crippen LogP contribution in [0.15, 0.2) is 50.5 Å². The third-order valence-corrected chi connectivity index (χ3v) is 5.73. The highest BCUT2D eigenvalue weighted by Gasteiger charge is 2.16. The van der Waals surface area contributed by atoms with Crippen molar-refractivity contribution < 1.29 is 12.8 Å². The lowest BCUT2D eigenvalue weighted by Crippen LogP contribution is -2.12. The van der Waals surface area contributed by atoms with Crippen molar-refractivity contribution in [1.82, 2.24) is 0 Å². The van der Waals surface area contributed by atoms with Crippen molar-refractivity contribution in [2.24, 2.45) is 0 Å². The van der Waals surface area contributed by atoms with Gasteiger partial charge in [0.25, 0.3) is 10.0 Å². The monoisotopic (exact) mass is 369 g/mol. The fraction of sp³-hybridized carbons (Fsp3) is 0.133. The molecule has 0 unspecified atom stereocenters. The van der Waals surface area contributed by atoms with Gasteiger partial charge in [0.1, 0.15) is 0 Å². The van der Waals surface area contributed by atoms with Crippen LogP contribution in [-0.2, 0) is 16.4 Å². The molecule has 1 aromatic heterocycles. The topological polar surface area (TPSA) is 76.4 Å². The molecule has 3 aromatic rings. The molecule has 0 aliphatic heterocycles. The Morgan fingerprint density at radius 3 is 2.57 bits per heavy atom. The van der Waals surface area contributed by atoms with Crippen LogP contribution >= 0.6 is 22.9 Å². The lowest BCUT2D eigenvalue weighted by molar-refractivity contribution is 0.585. The summed E-state index contributed by atoms with van der Waals surface area (Å²) < 4.78 is 32.7. The van der Waals surface area contributed by atoms with E-state index in [2.05, 4.69) is 4.72 Å². The number of hydrogen-bond donors (Lipinski definition) is 1. The summed E-state index contributed by atoms with van der Waals surface area (Å²) in [4.78, 5) is 10.9. The van der Waals surface area contributed by atoms with Gasteiger partial charge in [-0.2, -0.15) is 0 Å². The number of hydrogen-bond acceptors (Lipinski definition) is 5. The highest BCUT2D eigenvalue weighted by molar-refractivity contribution is 7.92. The van der Waals surface area contributed by atoms with Gasteiger partial charge in [0, 0.05) is 0 Å².